The Morgan fingerprint density at radius 3 is 2.63 bits per heavy atom. The molecule has 19 heavy (non-hydrogen) atoms. The van der Waals surface area contributed by atoms with Gasteiger partial charge in [0.2, 0.25) is 0 Å². The van der Waals surface area contributed by atoms with Crippen LogP contribution in [0.25, 0.3) is 11.2 Å². The number of H-pyrrole nitrogens is 1. The van der Waals surface area contributed by atoms with Crippen LogP contribution in [0.1, 0.15) is 37.4 Å². The summed E-state index contributed by atoms with van der Waals surface area (Å²) in [5, 5.41) is 5.32. The van der Waals surface area contributed by atoms with Crippen LogP contribution in [0.5, 0.6) is 0 Å². The first-order valence-corrected chi connectivity index (χ1v) is 8.48. The van der Waals surface area contributed by atoms with Gasteiger partial charge in [0.1, 0.15) is 5.52 Å². The normalized spacial score (nSPS) is 24.2. The minimum absolute atomic E-state index is 0.527. The number of nitrogens with one attached hydrogen (secondary N) is 1. The summed E-state index contributed by atoms with van der Waals surface area (Å²) in [5.74, 6) is 0. The lowest BCUT2D eigenvalue weighted by Crippen LogP contribution is -2.20. The molecule has 0 radical (unpaired) electrons. The molecule has 3 rings (SSSR count). The zero-order chi connectivity index (χ0) is 13.6. The molecule has 1 saturated carbocycles. The Hall–Kier alpha value is -0.750. The number of thioether (sulfide) groups is 1. The van der Waals surface area contributed by atoms with Gasteiger partial charge in [0.15, 0.2) is 10.4 Å². The lowest BCUT2D eigenvalue weighted by Gasteiger charge is -2.28. The highest BCUT2D eigenvalue weighted by Gasteiger charge is 2.25. The quantitative estimate of drug-likeness (QED) is 0.861. The second kappa shape index (κ2) is 4.98. The van der Waals surface area contributed by atoms with E-state index in [0.29, 0.717) is 6.04 Å². The molecule has 4 nitrogen and oxygen atoms in total. The van der Waals surface area contributed by atoms with Gasteiger partial charge in [0.05, 0.1) is 5.69 Å². The summed E-state index contributed by atoms with van der Waals surface area (Å²) >= 11 is 7.53. The molecule has 104 valence electrons. The molecule has 6 heteroatoms. The van der Waals surface area contributed by atoms with Gasteiger partial charge in [-0.2, -0.15) is 16.9 Å². The van der Waals surface area contributed by atoms with Gasteiger partial charge in [-0.15, -0.1) is 0 Å². The molecule has 1 aliphatic rings. The van der Waals surface area contributed by atoms with E-state index in [-0.39, 0.29) is 0 Å². The third-order valence-corrected chi connectivity index (χ3v) is 5.65. The van der Waals surface area contributed by atoms with Gasteiger partial charge in [-0.05, 0) is 51.1 Å². The predicted molar refractivity (Wildman–Crippen MR) is 83.4 cm³/mol. The second-order valence-electron chi connectivity index (χ2n) is 5.37. The van der Waals surface area contributed by atoms with Crippen molar-refractivity contribution in [1.82, 2.24) is 19.3 Å². The maximum Gasteiger partial charge on any atom is 0.179 e. The van der Waals surface area contributed by atoms with Gasteiger partial charge in [0, 0.05) is 18.3 Å². The number of hydrogen-bond acceptors (Lipinski definition) is 3. The summed E-state index contributed by atoms with van der Waals surface area (Å²) < 4.78 is 5.09. The predicted octanol–water partition coefficient (Wildman–Crippen LogP) is 3.59. The minimum atomic E-state index is 0.527. The molecule has 0 aromatic carbocycles. The van der Waals surface area contributed by atoms with Gasteiger partial charge < -0.3 is 4.98 Å². The maximum absolute atomic E-state index is 5.53. The first-order valence-electron chi connectivity index (χ1n) is 6.78. The average Bonchev–Trinajstić information content (AvgIpc) is 2.88. The Balaban J connectivity index is 2.01. The summed E-state index contributed by atoms with van der Waals surface area (Å²) in [4.78, 5) is 3.33. The molecule has 0 amide bonds. The van der Waals surface area contributed by atoms with E-state index in [2.05, 4.69) is 20.9 Å². The molecule has 0 saturated heterocycles. The number of aromatic amines is 1. The highest BCUT2D eigenvalue weighted by molar-refractivity contribution is 7.99. The van der Waals surface area contributed by atoms with Gasteiger partial charge in [0.25, 0.3) is 0 Å². The number of fused-ring (bicyclic) bond motifs is 1. The Morgan fingerprint density at radius 1 is 1.32 bits per heavy atom. The smallest absolute Gasteiger partial charge is 0.179 e. The van der Waals surface area contributed by atoms with E-state index in [4.69, 9.17) is 12.2 Å². The Morgan fingerprint density at radius 2 is 2.00 bits per heavy atom. The van der Waals surface area contributed by atoms with E-state index in [1.165, 1.54) is 25.7 Å². The second-order valence-corrected chi connectivity index (χ2v) is 6.90. The van der Waals surface area contributed by atoms with Crippen molar-refractivity contribution in [2.24, 2.45) is 7.05 Å². The van der Waals surface area contributed by atoms with Crippen LogP contribution in [-0.4, -0.2) is 30.8 Å². The minimum Gasteiger partial charge on any atom is -0.328 e. The molecule has 0 spiro atoms. The van der Waals surface area contributed by atoms with E-state index in [9.17, 15) is 0 Å². The van der Waals surface area contributed by atoms with Crippen LogP contribution >= 0.6 is 24.0 Å². The van der Waals surface area contributed by atoms with Crippen molar-refractivity contribution in [3.05, 3.63) is 10.5 Å². The van der Waals surface area contributed by atoms with Gasteiger partial charge in [-0.1, -0.05) is 0 Å². The van der Waals surface area contributed by atoms with Crippen LogP contribution in [0.2, 0.25) is 0 Å². The lowest BCUT2D eigenvalue weighted by atomic mass is 9.95. The third-order valence-electron chi connectivity index (χ3n) is 4.21. The Labute approximate surface area is 122 Å². The zero-order valence-corrected chi connectivity index (χ0v) is 13.3. The monoisotopic (exact) mass is 296 g/mol. The Bertz CT molecular complexity index is 643. The van der Waals surface area contributed by atoms with Crippen molar-refractivity contribution in [3.63, 3.8) is 0 Å². The van der Waals surface area contributed by atoms with Crippen molar-refractivity contribution in [2.75, 3.05) is 6.26 Å². The molecule has 1 fully saturated rings. The molecular formula is C13H20N4S2. The largest absolute Gasteiger partial charge is 0.328 e. The summed E-state index contributed by atoms with van der Waals surface area (Å²) in [6.07, 6.45) is 7.23. The van der Waals surface area contributed by atoms with E-state index >= 15 is 0 Å². The number of nitrogens with zero attached hydrogens (tertiary/aromatic N) is 3. The molecule has 0 atom stereocenters. The van der Waals surface area contributed by atoms with E-state index in [0.717, 1.165) is 26.9 Å². The molecule has 2 aromatic rings. The van der Waals surface area contributed by atoms with Crippen LogP contribution in [0.4, 0.5) is 0 Å². The van der Waals surface area contributed by atoms with Gasteiger partial charge in [-0.3, -0.25) is 9.25 Å². The third kappa shape index (κ3) is 2.14. The first-order chi connectivity index (χ1) is 9.11. The van der Waals surface area contributed by atoms with Crippen molar-refractivity contribution in [2.45, 2.75) is 43.9 Å². The van der Waals surface area contributed by atoms with Crippen molar-refractivity contribution >= 4 is 35.1 Å². The number of aromatic nitrogens is 4. The summed E-state index contributed by atoms with van der Waals surface area (Å²) in [6.45, 7) is 2.03. The van der Waals surface area contributed by atoms with Crippen molar-refractivity contribution < 1.29 is 0 Å². The topological polar surface area (TPSA) is 38.5 Å². The molecule has 0 bridgehead atoms. The zero-order valence-electron chi connectivity index (χ0n) is 11.6. The summed E-state index contributed by atoms with van der Waals surface area (Å²) in [5.41, 5.74) is 3.27. The van der Waals surface area contributed by atoms with Crippen LogP contribution in [0.3, 0.4) is 0 Å². The first kappa shape index (κ1) is 13.2. The molecule has 2 aromatic heterocycles. The lowest BCUT2D eigenvalue weighted by molar-refractivity contribution is 0.360. The van der Waals surface area contributed by atoms with Crippen LogP contribution in [-0.2, 0) is 7.05 Å². The van der Waals surface area contributed by atoms with Crippen LogP contribution in [0, 0.1) is 11.7 Å². The molecule has 0 aliphatic heterocycles. The molecule has 0 unspecified atom stereocenters. The van der Waals surface area contributed by atoms with Crippen molar-refractivity contribution in [3.8, 4) is 0 Å². The van der Waals surface area contributed by atoms with Crippen molar-refractivity contribution in [1.29, 1.82) is 0 Å². The SMILES string of the molecule is CSC1CCC(n2c(=S)[nH]c3c(C)nn(C)c32)CC1. The number of aryl methyl sites for hydroxylation is 2. The highest BCUT2D eigenvalue weighted by Crippen LogP contribution is 2.35. The number of hydrogen-bond donors (Lipinski definition) is 1. The van der Waals surface area contributed by atoms with E-state index < -0.39 is 0 Å². The van der Waals surface area contributed by atoms with Gasteiger partial charge >= 0.3 is 0 Å². The van der Waals surface area contributed by atoms with Crippen LogP contribution in [0.15, 0.2) is 0 Å². The number of rotatable bonds is 2. The molecule has 1 N–H and O–H groups in total. The fourth-order valence-electron chi connectivity index (χ4n) is 3.21. The standard InChI is InChI=1S/C13H20N4S2/c1-8-11-12(16(2)15-8)17(13(18)14-11)9-4-6-10(19-3)7-5-9/h9-10H,4-7H2,1-3H3,(H,14,18). The van der Waals surface area contributed by atoms with Crippen LogP contribution < -0.4 is 0 Å². The van der Waals surface area contributed by atoms with Gasteiger partial charge in [-0.25, -0.2) is 0 Å². The highest BCUT2D eigenvalue weighted by atomic mass is 32.2. The molecule has 1 aliphatic carbocycles. The maximum atomic E-state index is 5.53. The summed E-state index contributed by atoms with van der Waals surface area (Å²) in [7, 11) is 2.00. The fraction of sp³-hybridized carbons (Fsp3) is 0.692. The Kier molecular flexibility index (Phi) is 3.47. The fourth-order valence-corrected chi connectivity index (χ4v) is 4.29. The van der Waals surface area contributed by atoms with E-state index in [1.54, 1.807) is 0 Å². The summed E-state index contributed by atoms with van der Waals surface area (Å²) in [6, 6.07) is 0.527. The number of imidazole rings is 1. The van der Waals surface area contributed by atoms with E-state index in [1.807, 2.05) is 30.4 Å². The average molecular weight is 296 g/mol. The molecular weight excluding hydrogens is 276 g/mol. The molecule has 2 heterocycles.